The maximum absolute atomic E-state index is 6.21. The van der Waals surface area contributed by atoms with Crippen LogP contribution in [-0.4, -0.2) is 16.7 Å². The van der Waals surface area contributed by atoms with Crippen molar-refractivity contribution in [2.45, 2.75) is 38.1 Å². The Morgan fingerprint density at radius 2 is 2.30 bits per heavy atom. The highest BCUT2D eigenvalue weighted by Crippen LogP contribution is 2.39. The number of ether oxygens (including phenoxy) is 1. The Balaban J connectivity index is 1.76. The molecule has 0 spiro atoms. The first-order valence-corrected chi connectivity index (χ1v) is 7.09. The van der Waals surface area contributed by atoms with Gasteiger partial charge in [-0.1, -0.05) is 24.2 Å². The van der Waals surface area contributed by atoms with E-state index in [1.54, 1.807) is 0 Å². The van der Waals surface area contributed by atoms with Gasteiger partial charge in [0, 0.05) is 5.92 Å². The normalized spacial score (nSPS) is 16.1. The number of hydrogen-bond donors (Lipinski definition) is 1. The zero-order valence-corrected chi connectivity index (χ0v) is 11.6. The van der Waals surface area contributed by atoms with Crippen molar-refractivity contribution < 1.29 is 9.26 Å². The quantitative estimate of drug-likeness (QED) is 0.876. The second kappa shape index (κ2) is 5.63. The lowest BCUT2D eigenvalue weighted by Gasteiger charge is -2.10. The summed E-state index contributed by atoms with van der Waals surface area (Å²) in [6, 6.07) is 7.38. The molecule has 5 heteroatoms. The van der Waals surface area contributed by atoms with Crippen LogP contribution in [0.25, 0.3) is 0 Å². The monoisotopic (exact) mass is 273 g/mol. The van der Waals surface area contributed by atoms with E-state index in [9.17, 15) is 0 Å². The fourth-order valence-corrected chi connectivity index (χ4v) is 2.04. The van der Waals surface area contributed by atoms with Crippen molar-refractivity contribution in [1.82, 2.24) is 10.1 Å². The van der Waals surface area contributed by atoms with Gasteiger partial charge in [0.15, 0.2) is 5.82 Å². The molecule has 106 valence electrons. The first-order chi connectivity index (χ1) is 9.78. The Kier molecular flexibility index (Phi) is 3.69. The zero-order valence-electron chi connectivity index (χ0n) is 11.6. The molecule has 1 fully saturated rings. The van der Waals surface area contributed by atoms with Crippen LogP contribution in [0.5, 0.6) is 5.75 Å². The summed E-state index contributed by atoms with van der Waals surface area (Å²) in [5.74, 6) is 2.53. The highest BCUT2D eigenvalue weighted by molar-refractivity contribution is 5.33. The second-order valence-corrected chi connectivity index (χ2v) is 5.16. The van der Waals surface area contributed by atoms with Gasteiger partial charge in [-0.2, -0.15) is 4.98 Å². The molecule has 2 N–H and O–H groups in total. The molecule has 1 aliphatic carbocycles. The Morgan fingerprint density at radius 3 is 3.05 bits per heavy atom. The third kappa shape index (κ3) is 2.82. The predicted octanol–water partition coefficient (Wildman–Crippen LogP) is 2.78. The lowest BCUT2D eigenvalue weighted by molar-refractivity contribution is 0.317. The van der Waals surface area contributed by atoms with E-state index in [2.05, 4.69) is 17.1 Å². The number of hydrogen-bond acceptors (Lipinski definition) is 5. The molecule has 1 aliphatic rings. The largest absolute Gasteiger partial charge is 0.494 e. The highest BCUT2D eigenvalue weighted by atomic mass is 16.5. The molecule has 1 aromatic heterocycles. The Hall–Kier alpha value is -1.88. The summed E-state index contributed by atoms with van der Waals surface area (Å²) in [7, 11) is 0. The van der Waals surface area contributed by atoms with Gasteiger partial charge in [0.05, 0.1) is 12.6 Å². The van der Waals surface area contributed by atoms with Gasteiger partial charge >= 0.3 is 0 Å². The van der Waals surface area contributed by atoms with E-state index in [0.29, 0.717) is 24.2 Å². The molecular formula is C15H19N3O2. The molecule has 0 amide bonds. The Bertz CT molecular complexity index is 578. The number of nitrogens with two attached hydrogens (primary N) is 1. The molecule has 0 aliphatic heterocycles. The molecule has 3 rings (SSSR count). The number of aromatic nitrogens is 2. The number of nitrogens with zero attached hydrogens (tertiary/aromatic N) is 2. The minimum absolute atomic E-state index is 0.378. The summed E-state index contributed by atoms with van der Waals surface area (Å²) >= 11 is 0. The second-order valence-electron chi connectivity index (χ2n) is 5.16. The lowest BCUT2D eigenvalue weighted by atomic mass is 10.1. The van der Waals surface area contributed by atoms with Crippen molar-refractivity contribution in [2.75, 3.05) is 6.61 Å². The first kappa shape index (κ1) is 13.1. The zero-order chi connectivity index (χ0) is 13.9. The van der Waals surface area contributed by atoms with E-state index in [1.807, 2.05) is 24.3 Å². The maximum Gasteiger partial charge on any atom is 0.229 e. The van der Waals surface area contributed by atoms with Crippen LogP contribution >= 0.6 is 0 Å². The van der Waals surface area contributed by atoms with Gasteiger partial charge in [0.2, 0.25) is 5.89 Å². The lowest BCUT2D eigenvalue weighted by Crippen LogP contribution is -2.13. The van der Waals surface area contributed by atoms with Gasteiger partial charge in [-0.05, 0) is 37.0 Å². The predicted molar refractivity (Wildman–Crippen MR) is 74.5 cm³/mol. The van der Waals surface area contributed by atoms with Crippen molar-refractivity contribution >= 4 is 0 Å². The molecule has 1 saturated carbocycles. The first-order valence-electron chi connectivity index (χ1n) is 7.09. The summed E-state index contributed by atoms with van der Waals surface area (Å²) in [5, 5.41) is 3.99. The summed E-state index contributed by atoms with van der Waals surface area (Å²) < 4.78 is 10.9. The summed E-state index contributed by atoms with van der Waals surface area (Å²) in [6.45, 7) is 2.78. The van der Waals surface area contributed by atoms with Crippen molar-refractivity contribution in [3.05, 3.63) is 41.5 Å². The fourth-order valence-electron chi connectivity index (χ4n) is 2.04. The van der Waals surface area contributed by atoms with Crippen LogP contribution in [0.1, 0.15) is 55.4 Å². The van der Waals surface area contributed by atoms with Crippen LogP contribution in [0.4, 0.5) is 0 Å². The van der Waals surface area contributed by atoms with Gasteiger partial charge in [0.1, 0.15) is 5.75 Å². The SMILES string of the molecule is CCCOc1cccc(C(N)c2noc(C3CC3)n2)c1. The van der Waals surface area contributed by atoms with Gasteiger partial charge in [-0.15, -0.1) is 0 Å². The maximum atomic E-state index is 6.21. The van der Waals surface area contributed by atoms with Crippen LogP contribution in [-0.2, 0) is 0 Å². The Morgan fingerprint density at radius 1 is 1.45 bits per heavy atom. The molecule has 1 heterocycles. The minimum atomic E-state index is -0.378. The molecule has 1 unspecified atom stereocenters. The van der Waals surface area contributed by atoms with E-state index in [4.69, 9.17) is 15.0 Å². The van der Waals surface area contributed by atoms with E-state index in [1.165, 1.54) is 0 Å². The molecule has 0 saturated heterocycles. The van der Waals surface area contributed by atoms with Crippen molar-refractivity contribution in [3.8, 4) is 5.75 Å². The van der Waals surface area contributed by atoms with Crippen LogP contribution in [0, 0.1) is 0 Å². The van der Waals surface area contributed by atoms with Crippen molar-refractivity contribution in [2.24, 2.45) is 5.73 Å². The van der Waals surface area contributed by atoms with Gasteiger partial charge < -0.3 is 15.0 Å². The molecular weight excluding hydrogens is 254 g/mol. The van der Waals surface area contributed by atoms with E-state index in [-0.39, 0.29) is 6.04 Å². The van der Waals surface area contributed by atoms with Crippen LogP contribution in [0.2, 0.25) is 0 Å². The molecule has 5 nitrogen and oxygen atoms in total. The molecule has 20 heavy (non-hydrogen) atoms. The summed E-state index contributed by atoms with van der Waals surface area (Å²) in [4.78, 5) is 4.40. The molecule has 0 bridgehead atoms. The Labute approximate surface area is 118 Å². The number of rotatable bonds is 6. The van der Waals surface area contributed by atoms with Gasteiger partial charge in [0.25, 0.3) is 0 Å². The van der Waals surface area contributed by atoms with E-state index < -0.39 is 0 Å². The minimum Gasteiger partial charge on any atom is -0.494 e. The summed E-state index contributed by atoms with van der Waals surface area (Å²) in [6.07, 6.45) is 3.25. The van der Waals surface area contributed by atoms with E-state index >= 15 is 0 Å². The highest BCUT2D eigenvalue weighted by Gasteiger charge is 2.30. The van der Waals surface area contributed by atoms with Crippen LogP contribution in [0.3, 0.4) is 0 Å². The fraction of sp³-hybridized carbons (Fsp3) is 0.467. The molecule has 2 aromatic rings. The third-order valence-electron chi connectivity index (χ3n) is 3.35. The summed E-state index contributed by atoms with van der Waals surface area (Å²) in [5.41, 5.74) is 7.14. The average Bonchev–Trinajstić information content (AvgIpc) is 3.22. The standard InChI is InChI=1S/C15H19N3O2/c1-2-8-19-12-5-3-4-11(9-12)13(16)14-17-15(20-18-14)10-6-7-10/h3-5,9-10,13H,2,6-8,16H2,1H3. The molecule has 1 aromatic carbocycles. The van der Waals surface area contributed by atoms with E-state index in [0.717, 1.165) is 30.6 Å². The molecule has 0 radical (unpaired) electrons. The van der Waals surface area contributed by atoms with Crippen LogP contribution in [0.15, 0.2) is 28.8 Å². The van der Waals surface area contributed by atoms with Gasteiger partial charge in [-0.25, -0.2) is 0 Å². The van der Waals surface area contributed by atoms with Crippen molar-refractivity contribution in [3.63, 3.8) is 0 Å². The smallest absolute Gasteiger partial charge is 0.229 e. The topological polar surface area (TPSA) is 74.2 Å². The van der Waals surface area contributed by atoms with Gasteiger partial charge in [-0.3, -0.25) is 0 Å². The van der Waals surface area contributed by atoms with Crippen molar-refractivity contribution in [1.29, 1.82) is 0 Å². The average molecular weight is 273 g/mol. The molecule has 1 atom stereocenters. The van der Waals surface area contributed by atoms with Crippen LogP contribution < -0.4 is 10.5 Å². The third-order valence-corrected chi connectivity index (χ3v) is 3.35. The number of benzene rings is 1.